The first-order valence-corrected chi connectivity index (χ1v) is 5.89. The van der Waals surface area contributed by atoms with Gasteiger partial charge in [0.2, 0.25) is 0 Å². The zero-order chi connectivity index (χ0) is 13.1. The second-order valence-corrected chi connectivity index (χ2v) is 4.11. The van der Waals surface area contributed by atoms with E-state index in [1.54, 1.807) is 6.08 Å². The van der Waals surface area contributed by atoms with Crippen molar-refractivity contribution in [3.63, 3.8) is 0 Å². The smallest absolute Gasteiger partial charge is 0.0963 e. The van der Waals surface area contributed by atoms with Crippen LogP contribution in [0.5, 0.6) is 0 Å². The van der Waals surface area contributed by atoms with Gasteiger partial charge in [-0.25, -0.2) is 9.97 Å². The van der Waals surface area contributed by atoms with Gasteiger partial charge < -0.3 is 0 Å². The zero-order valence-electron chi connectivity index (χ0n) is 10.8. The van der Waals surface area contributed by atoms with Crippen molar-refractivity contribution in [3.05, 3.63) is 61.0 Å². The van der Waals surface area contributed by atoms with E-state index >= 15 is 0 Å². The Morgan fingerprint density at radius 1 is 1.11 bits per heavy atom. The van der Waals surface area contributed by atoms with Gasteiger partial charge in [0.1, 0.15) is 0 Å². The molecule has 0 fully saturated rings. The molecule has 0 aliphatic carbocycles. The van der Waals surface area contributed by atoms with Gasteiger partial charge in [-0.1, -0.05) is 37.4 Å². The first-order chi connectivity index (χ1) is 8.67. The summed E-state index contributed by atoms with van der Waals surface area (Å²) >= 11 is 0. The summed E-state index contributed by atoms with van der Waals surface area (Å²) in [6.07, 6.45) is 3.74. The molecule has 1 aromatic carbocycles. The monoisotopic (exact) mass is 236 g/mol. The second kappa shape index (κ2) is 4.96. The molecular weight excluding hydrogens is 220 g/mol. The van der Waals surface area contributed by atoms with Crippen LogP contribution < -0.4 is 0 Å². The average Bonchev–Trinajstić information content (AvgIpc) is 2.44. The first kappa shape index (κ1) is 12.2. The van der Waals surface area contributed by atoms with Gasteiger partial charge in [-0.05, 0) is 37.1 Å². The topological polar surface area (TPSA) is 25.8 Å². The highest BCUT2D eigenvalue weighted by Gasteiger charge is 2.11. The molecule has 0 saturated carbocycles. The Hall–Kier alpha value is -2.22. The molecule has 90 valence electrons. The Labute approximate surface area is 107 Å². The van der Waals surface area contributed by atoms with Crippen molar-refractivity contribution >= 4 is 22.2 Å². The Bertz CT molecular complexity index is 611. The number of allylic oxidation sites excluding steroid dienone is 4. The van der Waals surface area contributed by atoms with E-state index in [0.29, 0.717) is 0 Å². The lowest BCUT2D eigenvalue weighted by Gasteiger charge is -2.10. The Morgan fingerprint density at radius 2 is 1.67 bits per heavy atom. The zero-order valence-corrected chi connectivity index (χ0v) is 10.8. The van der Waals surface area contributed by atoms with Crippen LogP contribution in [0.4, 0.5) is 0 Å². The molecular formula is C16H16N2. The Balaban J connectivity index is 2.79. The van der Waals surface area contributed by atoms with Gasteiger partial charge in [-0.2, -0.15) is 0 Å². The molecule has 2 heteroatoms. The molecule has 0 bridgehead atoms. The highest BCUT2D eigenvalue weighted by molar-refractivity contribution is 5.84. The minimum absolute atomic E-state index is 0.796. The van der Waals surface area contributed by atoms with Crippen LogP contribution in [0, 0.1) is 0 Å². The standard InChI is InChI=1S/C16H16N2/c1-5-11(3)15-16(12(4)6-2)18-14-10-8-7-9-13(14)17-15/h5-10H,1,3H2,2,4H3. The van der Waals surface area contributed by atoms with Crippen LogP contribution in [0.25, 0.3) is 22.2 Å². The lowest BCUT2D eigenvalue weighted by molar-refractivity contribution is 1.21. The summed E-state index contributed by atoms with van der Waals surface area (Å²) < 4.78 is 0. The van der Waals surface area contributed by atoms with Crippen molar-refractivity contribution in [1.29, 1.82) is 0 Å². The molecule has 18 heavy (non-hydrogen) atoms. The average molecular weight is 236 g/mol. The third-order valence-corrected chi connectivity index (χ3v) is 2.93. The molecule has 2 rings (SSSR count). The third kappa shape index (κ3) is 2.09. The maximum absolute atomic E-state index is 4.68. The van der Waals surface area contributed by atoms with E-state index in [4.69, 9.17) is 0 Å². The minimum Gasteiger partial charge on any atom is -0.244 e. The molecule has 0 spiro atoms. The van der Waals surface area contributed by atoms with Crippen molar-refractivity contribution in [2.45, 2.75) is 13.8 Å². The number of hydrogen-bond donors (Lipinski definition) is 0. The number of para-hydroxylation sites is 2. The maximum atomic E-state index is 4.68. The molecule has 1 heterocycles. The van der Waals surface area contributed by atoms with Gasteiger partial charge in [0.05, 0.1) is 22.4 Å². The number of hydrogen-bond acceptors (Lipinski definition) is 2. The largest absolute Gasteiger partial charge is 0.244 e. The predicted molar refractivity (Wildman–Crippen MR) is 78.1 cm³/mol. The van der Waals surface area contributed by atoms with E-state index in [0.717, 1.165) is 33.6 Å². The fourth-order valence-corrected chi connectivity index (χ4v) is 1.73. The summed E-state index contributed by atoms with van der Waals surface area (Å²) in [5.41, 5.74) is 5.34. The van der Waals surface area contributed by atoms with Gasteiger partial charge in [0.25, 0.3) is 0 Å². The molecule has 0 N–H and O–H groups in total. The van der Waals surface area contributed by atoms with E-state index in [-0.39, 0.29) is 0 Å². The summed E-state index contributed by atoms with van der Waals surface area (Å²) in [7, 11) is 0. The van der Waals surface area contributed by atoms with Gasteiger partial charge in [0.15, 0.2) is 0 Å². The number of rotatable bonds is 3. The molecule has 0 atom stereocenters. The SMILES string of the molecule is C=CC(=C)c1nc2ccccc2nc1C(C)=CC. The summed E-state index contributed by atoms with van der Waals surface area (Å²) in [4.78, 5) is 9.32. The van der Waals surface area contributed by atoms with Crippen molar-refractivity contribution in [2.24, 2.45) is 0 Å². The van der Waals surface area contributed by atoms with E-state index in [1.807, 2.05) is 44.2 Å². The maximum Gasteiger partial charge on any atom is 0.0963 e. The molecule has 0 radical (unpaired) electrons. The van der Waals surface area contributed by atoms with E-state index < -0.39 is 0 Å². The summed E-state index contributed by atoms with van der Waals surface area (Å²) in [6, 6.07) is 7.85. The highest BCUT2D eigenvalue weighted by Crippen LogP contribution is 2.24. The second-order valence-electron chi connectivity index (χ2n) is 4.11. The molecule has 0 amide bonds. The van der Waals surface area contributed by atoms with Crippen LogP contribution in [0.3, 0.4) is 0 Å². The molecule has 2 aromatic rings. The number of aromatic nitrogens is 2. The summed E-state index contributed by atoms with van der Waals surface area (Å²) in [5.74, 6) is 0. The highest BCUT2D eigenvalue weighted by atomic mass is 14.8. The van der Waals surface area contributed by atoms with E-state index in [9.17, 15) is 0 Å². The van der Waals surface area contributed by atoms with Crippen molar-refractivity contribution < 1.29 is 0 Å². The Kier molecular flexibility index (Phi) is 3.38. The number of benzene rings is 1. The molecule has 0 aliphatic heterocycles. The summed E-state index contributed by atoms with van der Waals surface area (Å²) in [5, 5.41) is 0. The molecule has 1 aromatic heterocycles. The van der Waals surface area contributed by atoms with Gasteiger partial charge >= 0.3 is 0 Å². The normalized spacial score (nSPS) is 11.6. The fourth-order valence-electron chi connectivity index (χ4n) is 1.73. The summed E-state index contributed by atoms with van der Waals surface area (Å²) in [6.45, 7) is 11.8. The first-order valence-electron chi connectivity index (χ1n) is 5.89. The van der Waals surface area contributed by atoms with E-state index in [2.05, 4.69) is 23.1 Å². The van der Waals surface area contributed by atoms with Crippen LogP contribution in [0.15, 0.2) is 49.6 Å². The van der Waals surface area contributed by atoms with Gasteiger partial charge in [0, 0.05) is 0 Å². The van der Waals surface area contributed by atoms with Gasteiger partial charge in [-0.15, -0.1) is 0 Å². The van der Waals surface area contributed by atoms with Crippen molar-refractivity contribution in [2.75, 3.05) is 0 Å². The lowest BCUT2D eigenvalue weighted by atomic mass is 10.1. The van der Waals surface area contributed by atoms with Crippen LogP contribution in [0.1, 0.15) is 25.2 Å². The molecule has 2 nitrogen and oxygen atoms in total. The molecule has 0 unspecified atom stereocenters. The Morgan fingerprint density at radius 3 is 2.17 bits per heavy atom. The minimum atomic E-state index is 0.796. The number of fused-ring (bicyclic) bond motifs is 1. The predicted octanol–water partition coefficient (Wildman–Crippen LogP) is 4.25. The third-order valence-electron chi connectivity index (χ3n) is 2.93. The van der Waals surface area contributed by atoms with E-state index in [1.165, 1.54) is 0 Å². The fraction of sp³-hybridized carbons (Fsp3) is 0.125. The molecule has 0 saturated heterocycles. The van der Waals surface area contributed by atoms with Crippen LogP contribution in [0.2, 0.25) is 0 Å². The van der Waals surface area contributed by atoms with Crippen molar-refractivity contribution in [3.8, 4) is 0 Å². The lowest BCUT2D eigenvalue weighted by Crippen LogP contribution is -1.99. The van der Waals surface area contributed by atoms with Crippen molar-refractivity contribution in [1.82, 2.24) is 9.97 Å². The van der Waals surface area contributed by atoms with Gasteiger partial charge in [-0.3, -0.25) is 0 Å². The van der Waals surface area contributed by atoms with Crippen LogP contribution in [-0.4, -0.2) is 9.97 Å². The number of nitrogens with zero attached hydrogens (tertiary/aromatic N) is 2. The quantitative estimate of drug-likeness (QED) is 0.744. The van der Waals surface area contributed by atoms with Crippen LogP contribution >= 0.6 is 0 Å². The molecule has 0 aliphatic rings. The van der Waals surface area contributed by atoms with Crippen LogP contribution in [-0.2, 0) is 0 Å².